The summed E-state index contributed by atoms with van der Waals surface area (Å²) in [6, 6.07) is 1.92. The minimum atomic E-state index is 0.627. The van der Waals surface area contributed by atoms with Crippen molar-refractivity contribution in [2.75, 3.05) is 12.4 Å². The third kappa shape index (κ3) is 2.63. The highest BCUT2D eigenvalue weighted by molar-refractivity contribution is 8.00. The van der Waals surface area contributed by atoms with Gasteiger partial charge in [-0.15, -0.1) is 10.2 Å². The number of hydrogen-bond donors (Lipinski definition) is 1. The minimum absolute atomic E-state index is 0.627. The molecule has 0 bridgehead atoms. The molecule has 2 aromatic rings. The molecule has 2 aromatic heterocycles. The molecule has 0 aromatic carbocycles. The van der Waals surface area contributed by atoms with Crippen LogP contribution >= 0.6 is 23.1 Å². The van der Waals surface area contributed by atoms with Gasteiger partial charge in [0.2, 0.25) is 5.95 Å². The Bertz CT molecular complexity index is 442. The maximum absolute atomic E-state index is 4.31. The number of aryl methyl sites for hydroxylation is 1. The predicted octanol–water partition coefficient (Wildman–Crippen LogP) is 1.83. The molecular formula is C8H9N5S2. The average Bonchev–Trinajstić information content (AvgIpc) is 2.69. The average molecular weight is 239 g/mol. The molecule has 1 N–H and O–H groups in total. The molecule has 5 nitrogen and oxygen atoms in total. The van der Waals surface area contributed by atoms with E-state index in [4.69, 9.17) is 0 Å². The van der Waals surface area contributed by atoms with E-state index in [9.17, 15) is 0 Å². The quantitative estimate of drug-likeness (QED) is 0.824. The lowest BCUT2D eigenvalue weighted by atomic mass is 10.5. The number of aromatic nitrogens is 4. The minimum Gasteiger partial charge on any atom is -0.357 e. The van der Waals surface area contributed by atoms with Crippen LogP contribution in [0.2, 0.25) is 0 Å². The van der Waals surface area contributed by atoms with Gasteiger partial charge in [0.1, 0.15) is 10.5 Å². The van der Waals surface area contributed by atoms with E-state index in [1.54, 1.807) is 12.6 Å². The molecule has 0 radical (unpaired) electrons. The maximum Gasteiger partial charge on any atom is 0.223 e. The van der Waals surface area contributed by atoms with E-state index in [-0.39, 0.29) is 0 Å². The molecule has 78 valence electrons. The molecule has 15 heavy (non-hydrogen) atoms. The largest absolute Gasteiger partial charge is 0.357 e. The molecule has 0 fully saturated rings. The van der Waals surface area contributed by atoms with Gasteiger partial charge in [0.05, 0.1) is 0 Å². The Morgan fingerprint density at radius 2 is 2.27 bits per heavy atom. The second-order valence-electron chi connectivity index (χ2n) is 2.73. The fourth-order valence-corrected chi connectivity index (χ4v) is 2.49. The monoisotopic (exact) mass is 239 g/mol. The summed E-state index contributed by atoms with van der Waals surface area (Å²) in [5.74, 6) is 0.627. The fraction of sp³-hybridized carbons (Fsp3) is 0.250. The van der Waals surface area contributed by atoms with E-state index in [1.807, 2.05) is 13.0 Å². The van der Waals surface area contributed by atoms with Crippen molar-refractivity contribution >= 4 is 29.0 Å². The number of anilines is 1. The zero-order chi connectivity index (χ0) is 10.7. The molecule has 0 amide bonds. The summed E-state index contributed by atoms with van der Waals surface area (Å²) in [6.07, 6.45) is 0. The van der Waals surface area contributed by atoms with E-state index >= 15 is 0 Å². The van der Waals surface area contributed by atoms with Gasteiger partial charge in [-0.1, -0.05) is 11.3 Å². The Morgan fingerprint density at radius 3 is 2.93 bits per heavy atom. The molecule has 0 saturated heterocycles. The highest BCUT2D eigenvalue weighted by atomic mass is 32.2. The lowest BCUT2D eigenvalue weighted by Gasteiger charge is -2.02. The summed E-state index contributed by atoms with van der Waals surface area (Å²) in [6.45, 7) is 1.94. The van der Waals surface area contributed by atoms with Gasteiger partial charge in [-0.25, -0.2) is 9.97 Å². The SMILES string of the molecule is CNc1nc(C)cc(Sc2nncs2)n1. The van der Waals surface area contributed by atoms with Crippen LogP contribution in [0, 0.1) is 6.92 Å². The van der Waals surface area contributed by atoms with E-state index in [0.29, 0.717) is 5.95 Å². The van der Waals surface area contributed by atoms with Gasteiger partial charge in [-0.2, -0.15) is 0 Å². The van der Waals surface area contributed by atoms with E-state index < -0.39 is 0 Å². The normalized spacial score (nSPS) is 10.3. The van der Waals surface area contributed by atoms with Crippen molar-refractivity contribution in [3.8, 4) is 0 Å². The van der Waals surface area contributed by atoms with E-state index in [0.717, 1.165) is 15.1 Å². The third-order valence-corrected chi connectivity index (χ3v) is 3.28. The first-order valence-corrected chi connectivity index (χ1v) is 5.95. The van der Waals surface area contributed by atoms with Crippen LogP contribution in [0.5, 0.6) is 0 Å². The summed E-state index contributed by atoms with van der Waals surface area (Å²) >= 11 is 2.99. The third-order valence-electron chi connectivity index (χ3n) is 1.59. The van der Waals surface area contributed by atoms with Crippen LogP contribution in [-0.4, -0.2) is 27.2 Å². The zero-order valence-electron chi connectivity index (χ0n) is 8.26. The fourth-order valence-electron chi connectivity index (χ4n) is 1.00. The first kappa shape index (κ1) is 10.3. The van der Waals surface area contributed by atoms with Crippen LogP contribution in [0.3, 0.4) is 0 Å². The number of rotatable bonds is 3. The second kappa shape index (κ2) is 4.54. The van der Waals surface area contributed by atoms with Crippen molar-refractivity contribution in [3.05, 3.63) is 17.3 Å². The van der Waals surface area contributed by atoms with Gasteiger partial charge < -0.3 is 5.32 Å². The van der Waals surface area contributed by atoms with Gasteiger partial charge in [0.25, 0.3) is 0 Å². The Hall–Kier alpha value is -1.21. The lowest BCUT2D eigenvalue weighted by molar-refractivity contribution is 0.988. The number of nitrogens with zero attached hydrogens (tertiary/aromatic N) is 4. The number of hydrogen-bond acceptors (Lipinski definition) is 7. The Morgan fingerprint density at radius 1 is 1.40 bits per heavy atom. The summed E-state index contributed by atoms with van der Waals surface area (Å²) in [7, 11) is 1.80. The van der Waals surface area contributed by atoms with Gasteiger partial charge in [0, 0.05) is 12.7 Å². The first-order valence-electron chi connectivity index (χ1n) is 4.25. The van der Waals surface area contributed by atoms with Crippen LogP contribution in [0.15, 0.2) is 20.9 Å². The molecule has 0 atom stereocenters. The summed E-state index contributed by atoms with van der Waals surface area (Å²) in [4.78, 5) is 8.52. The van der Waals surface area contributed by atoms with Crippen molar-refractivity contribution in [3.63, 3.8) is 0 Å². The highest BCUT2D eigenvalue weighted by Gasteiger charge is 2.05. The highest BCUT2D eigenvalue weighted by Crippen LogP contribution is 2.27. The Kier molecular flexibility index (Phi) is 3.12. The predicted molar refractivity (Wildman–Crippen MR) is 60.3 cm³/mol. The van der Waals surface area contributed by atoms with Crippen LogP contribution in [0.4, 0.5) is 5.95 Å². The summed E-state index contributed by atoms with van der Waals surface area (Å²) in [5.41, 5.74) is 2.64. The molecule has 0 aliphatic heterocycles. The molecule has 7 heteroatoms. The molecule has 0 unspecified atom stereocenters. The molecule has 0 aliphatic rings. The molecule has 0 aliphatic carbocycles. The second-order valence-corrected chi connectivity index (χ2v) is 4.83. The first-order chi connectivity index (χ1) is 7.28. The number of nitrogens with one attached hydrogen (secondary N) is 1. The van der Waals surface area contributed by atoms with Crippen molar-refractivity contribution in [1.82, 2.24) is 20.2 Å². The molecule has 0 spiro atoms. The van der Waals surface area contributed by atoms with E-state index in [2.05, 4.69) is 25.5 Å². The van der Waals surface area contributed by atoms with Gasteiger partial charge in [0.15, 0.2) is 4.34 Å². The molecule has 2 rings (SSSR count). The van der Waals surface area contributed by atoms with Crippen molar-refractivity contribution in [2.24, 2.45) is 0 Å². The van der Waals surface area contributed by atoms with Gasteiger partial charge >= 0.3 is 0 Å². The standard InChI is InChI=1S/C8H9N5S2/c1-5-3-6(12-7(9-2)11-5)15-8-13-10-4-14-8/h3-4H,1-2H3,(H,9,11,12). The molecule has 2 heterocycles. The summed E-state index contributed by atoms with van der Waals surface area (Å²) < 4.78 is 0.884. The smallest absolute Gasteiger partial charge is 0.223 e. The van der Waals surface area contributed by atoms with Crippen LogP contribution < -0.4 is 5.32 Å². The van der Waals surface area contributed by atoms with Crippen molar-refractivity contribution < 1.29 is 0 Å². The molecule has 0 saturated carbocycles. The zero-order valence-corrected chi connectivity index (χ0v) is 9.89. The van der Waals surface area contributed by atoms with Crippen LogP contribution in [-0.2, 0) is 0 Å². The van der Waals surface area contributed by atoms with Gasteiger partial charge in [-0.3, -0.25) is 0 Å². The maximum atomic E-state index is 4.31. The summed E-state index contributed by atoms with van der Waals surface area (Å²) in [5, 5.41) is 11.5. The van der Waals surface area contributed by atoms with Crippen molar-refractivity contribution in [1.29, 1.82) is 0 Å². The van der Waals surface area contributed by atoms with Crippen LogP contribution in [0.25, 0.3) is 0 Å². The van der Waals surface area contributed by atoms with Crippen molar-refractivity contribution in [2.45, 2.75) is 16.3 Å². The Balaban J connectivity index is 2.24. The Labute approximate surface area is 95.4 Å². The molecular weight excluding hydrogens is 230 g/mol. The van der Waals surface area contributed by atoms with Gasteiger partial charge in [-0.05, 0) is 24.8 Å². The van der Waals surface area contributed by atoms with Crippen LogP contribution in [0.1, 0.15) is 5.69 Å². The topological polar surface area (TPSA) is 63.6 Å². The van der Waals surface area contributed by atoms with E-state index in [1.165, 1.54) is 23.1 Å². The lowest BCUT2D eigenvalue weighted by Crippen LogP contribution is -1.98.